The first-order chi connectivity index (χ1) is 10.2. The molecule has 21 heavy (non-hydrogen) atoms. The highest BCUT2D eigenvalue weighted by Crippen LogP contribution is 2.21. The highest BCUT2D eigenvalue weighted by atomic mass is 19.1. The smallest absolute Gasteiger partial charge is 0.241 e. The van der Waals surface area contributed by atoms with Crippen molar-refractivity contribution in [3.63, 3.8) is 0 Å². The van der Waals surface area contributed by atoms with Crippen molar-refractivity contribution in [2.75, 3.05) is 5.32 Å². The molecule has 3 nitrogen and oxygen atoms in total. The van der Waals surface area contributed by atoms with Gasteiger partial charge in [-0.25, -0.2) is 4.39 Å². The number of halogens is 1. The second-order valence-electron chi connectivity index (χ2n) is 5.21. The number of amides is 1. The molecule has 0 saturated heterocycles. The quantitative estimate of drug-likeness (QED) is 0.910. The Labute approximate surface area is 123 Å². The molecule has 4 heteroatoms. The van der Waals surface area contributed by atoms with Gasteiger partial charge < -0.3 is 10.6 Å². The van der Waals surface area contributed by atoms with E-state index in [1.54, 1.807) is 18.2 Å². The SMILES string of the molecule is O=C1Nc2ccccc2CCC1NCc1ccccc1F. The number of benzene rings is 2. The summed E-state index contributed by atoms with van der Waals surface area (Å²) in [5, 5.41) is 6.08. The van der Waals surface area contributed by atoms with Gasteiger partial charge in [-0.1, -0.05) is 36.4 Å². The van der Waals surface area contributed by atoms with E-state index >= 15 is 0 Å². The summed E-state index contributed by atoms with van der Waals surface area (Å²) >= 11 is 0. The summed E-state index contributed by atoms with van der Waals surface area (Å²) in [5.74, 6) is -0.307. The molecule has 2 aromatic rings. The standard InChI is InChI=1S/C17H17FN2O/c18-14-7-3-1-6-13(14)11-19-16-10-9-12-5-2-4-8-15(12)20-17(16)21/h1-8,16,19H,9-11H2,(H,20,21). The summed E-state index contributed by atoms with van der Waals surface area (Å²) < 4.78 is 13.6. The monoisotopic (exact) mass is 284 g/mol. The summed E-state index contributed by atoms with van der Waals surface area (Å²) in [7, 11) is 0. The van der Waals surface area contributed by atoms with Crippen molar-refractivity contribution in [1.29, 1.82) is 0 Å². The lowest BCUT2D eigenvalue weighted by atomic mass is 10.1. The third kappa shape index (κ3) is 3.11. The van der Waals surface area contributed by atoms with Crippen LogP contribution in [-0.2, 0) is 17.8 Å². The second-order valence-corrected chi connectivity index (χ2v) is 5.21. The lowest BCUT2D eigenvalue weighted by molar-refractivity contribution is -0.118. The van der Waals surface area contributed by atoms with E-state index in [0.717, 1.165) is 17.7 Å². The Morgan fingerprint density at radius 2 is 1.90 bits per heavy atom. The first-order valence-electron chi connectivity index (χ1n) is 7.09. The summed E-state index contributed by atoms with van der Waals surface area (Å²) in [4.78, 5) is 12.2. The minimum atomic E-state index is -0.308. The maximum absolute atomic E-state index is 13.6. The molecule has 0 saturated carbocycles. The van der Waals surface area contributed by atoms with E-state index in [0.29, 0.717) is 18.5 Å². The molecule has 0 bridgehead atoms. The largest absolute Gasteiger partial charge is 0.324 e. The van der Waals surface area contributed by atoms with Gasteiger partial charge in [0.1, 0.15) is 5.82 Å². The molecule has 1 amide bonds. The Balaban J connectivity index is 1.68. The van der Waals surface area contributed by atoms with Gasteiger partial charge in [0.15, 0.2) is 0 Å². The number of aryl methyl sites for hydroxylation is 1. The number of anilines is 1. The second kappa shape index (κ2) is 6.06. The van der Waals surface area contributed by atoms with Gasteiger partial charge in [-0.05, 0) is 30.5 Å². The summed E-state index contributed by atoms with van der Waals surface area (Å²) in [6, 6.07) is 14.1. The predicted octanol–water partition coefficient (Wildman–Crippen LogP) is 2.87. The molecular weight excluding hydrogens is 267 g/mol. The van der Waals surface area contributed by atoms with Crippen molar-refractivity contribution in [2.24, 2.45) is 0 Å². The molecule has 1 heterocycles. The normalized spacial score (nSPS) is 17.8. The van der Waals surface area contributed by atoms with Crippen LogP contribution in [0.2, 0.25) is 0 Å². The fourth-order valence-corrected chi connectivity index (χ4v) is 2.58. The zero-order chi connectivity index (χ0) is 14.7. The van der Waals surface area contributed by atoms with Crippen molar-refractivity contribution in [3.05, 3.63) is 65.5 Å². The number of fused-ring (bicyclic) bond motifs is 1. The predicted molar refractivity (Wildman–Crippen MR) is 80.4 cm³/mol. The number of nitrogens with one attached hydrogen (secondary N) is 2. The number of hydrogen-bond acceptors (Lipinski definition) is 2. The van der Waals surface area contributed by atoms with Gasteiger partial charge in [-0.2, -0.15) is 0 Å². The topological polar surface area (TPSA) is 41.1 Å². The van der Waals surface area contributed by atoms with E-state index in [2.05, 4.69) is 10.6 Å². The van der Waals surface area contributed by atoms with E-state index in [1.165, 1.54) is 6.07 Å². The third-order valence-electron chi connectivity index (χ3n) is 3.79. The Morgan fingerprint density at radius 3 is 2.76 bits per heavy atom. The van der Waals surface area contributed by atoms with Crippen LogP contribution in [0, 0.1) is 5.82 Å². The summed E-state index contributed by atoms with van der Waals surface area (Å²) in [6.45, 7) is 0.348. The van der Waals surface area contributed by atoms with Crippen LogP contribution in [0.15, 0.2) is 48.5 Å². The first kappa shape index (κ1) is 13.8. The number of hydrogen-bond donors (Lipinski definition) is 2. The lowest BCUT2D eigenvalue weighted by Crippen LogP contribution is -2.39. The van der Waals surface area contributed by atoms with Crippen LogP contribution < -0.4 is 10.6 Å². The first-order valence-corrected chi connectivity index (χ1v) is 7.09. The van der Waals surface area contributed by atoms with Crippen molar-refractivity contribution >= 4 is 11.6 Å². The molecule has 0 spiro atoms. The zero-order valence-electron chi connectivity index (χ0n) is 11.6. The Hall–Kier alpha value is -2.20. The molecule has 1 aliphatic rings. The van der Waals surface area contributed by atoms with Crippen molar-refractivity contribution in [3.8, 4) is 0 Å². The van der Waals surface area contributed by atoms with E-state index in [4.69, 9.17) is 0 Å². The maximum Gasteiger partial charge on any atom is 0.241 e. The van der Waals surface area contributed by atoms with E-state index in [9.17, 15) is 9.18 Å². The van der Waals surface area contributed by atoms with Gasteiger partial charge in [-0.15, -0.1) is 0 Å². The number of carbonyl (C=O) groups excluding carboxylic acids is 1. The molecule has 108 valence electrons. The third-order valence-corrected chi connectivity index (χ3v) is 3.79. The molecule has 3 rings (SSSR count). The molecule has 0 aliphatic carbocycles. The molecule has 2 aromatic carbocycles. The molecule has 0 aromatic heterocycles. The maximum atomic E-state index is 13.6. The molecule has 1 unspecified atom stereocenters. The number of rotatable bonds is 3. The van der Waals surface area contributed by atoms with E-state index in [-0.39, 0.29) is 17.8 Å². The van der Waals surface area contributed by atoms with Crippen molar-refractivity contribution in [2.45, 2.75) is 25.4 Å². The lowest BCUT2D eigenvalue weighted by Gasteiger charge is -2.15. The van der Waals surface area contributed by atoms with Crippen LogP contribution in [0.3, 0.4) is 0 Å². The number of para-hydroxylation sites is 1. The summed E-state index contributed by atoms with van der Waals surface area (Å²) in [6.07, 6.45) is 1.53. The molecule has 1 aliphatic heterocycles. The minimum absolute atomic E-state index is 0.0590. The highest BCUT2D eigenvalue weighted by molar-refractivity contribution is 5.96. The van der Waals surface area contributed by atoms with Crippen LogP contribution in [0.1, 0.15) is 17.5 Å². The molecule has 2 N–H and O–H groups in total. The van der Waals surface area contributed by atoms with Crippen LogP contribution in [0.4, 0.5) is 10.1 Å². The fraction of sp³-hybridized carbons (Fsp3) is 0.235. The molecule has 0 fully saturated rings. The van der Waals surface area contributed by atoms with Crippen molar-refractivity contribution < 1.29 is 9.18 Å². The zero-order valence-corrected chi connectivity index (χ0v) is 11.6. The van der Waals surface area contributed by atoms with Crippen molar-refractivity contribution in [1.82, 2.24) is 5.32 Å². The van der Waals surface area contributed by atoms with Crippen LogP contribution >= 0.6 is 0 Å². The molecule has 1 atom stereocenters. The molecule has 0 radical (unpaired) electrons. The van der Waals surface area contributed by atoms with Crippen LogP contribution in [0.5, 0.6) is 0 Å². The molecular formula is C17H17FN2O. The number of carbonyl (C=O) groups is 1. The minimum Gasteiger partial charge on any atom is -0.324 e. The van der Waals surface area contributed by atoms with Gasteiger partial charge in [0.2, 0.25) is 5.91 Å². The Morgan fingerprint density at radius 1 is 1.14 bits per heavy atom. The Kier molecular flexibility index (Phi) is 3.97. The van der Waals surface area contributed by atoms with Gasteiger partial charge in [0.05, 0.1) is 6.04 Å². The van der Waals surface area contributed by atoms with Gasteiger partial charge >= 0.3 is 0 Å². The van der Waals surface area contributed by atoms with Crippen LogP contribution in [-0.4, -0.2) is 11.9 Å². The average molecular weight is 284 g/mol. The van der Waals surface area contributed by atoms with E-state index in [1.807, 2.05) is 24.3 Å². The average Bonchev–Trinajstić information content (AvgIpc) is 2.65. The fourth-order valence-electron chi connectivity index (χ4n) is 2.58. The Bertz CT molecular complexity index is 657. The van der Waals surface area contributed by atoms with Crippen LogP contribution in [0.25, 0.3) is 0 Å². The summed E-state index contributed by atoms with van der Waals surface area (Å²) in [5.41, 5.74) is 2.59. The highest BCUT2D eigenvalue weighted by Gasteiger charge is 2.22. The van der Waals surface area contributed by atoms with Gasteiger partial charge in [0, 0.05) is 17.8 Å². The van der Waals surface area contributed by atoms with E-state index < -0.39 is 0 Å². The van der Waals surface area contributed by atoms with Gasteiger partial charge in [-0.3, -0.25) is 4.79 Å². The van der Waals surface area contributed by atoms with Gasteiger partial charge in [0.25, 0.3) is 0 Å².